The Labute approximate surface area is 160 Å². The van der Waals surface area contributed by atoms with Crippen molar-refractivity contribution in [2.45, 2.75) is 11.8 Å². The molecule has 0 radical (unpaired) electrons. The summed E-state index contributed by atoms with van der Waals surface area (Å²) in [7, 11) is 0.887. The van der Waals surface area contributed by atoms with Crippen molar-refractivity contribution < 1.29 is 22.7 Å². The molecule has 146 valence electrons. The van der Waals surface area contributed by atoms with Gasteiger partial charge in [0, 0.05) is 31.8 Å². The molecule has 0 bridgehead atoms. The molecule has 0 aliphatic carbocycles. The summed E-state index contributed by atoms with van der Waals surface area (Å²) >= 11 is 0. The van der Waals surface area contributed by atoms with Crippen molar-refractivity contribution in [2.75, 3.05) is 34.4 Å². The molecule has 0 atom stereocenters. The van der Waals surface area contributed by atoms with Gasteiger partial charge in [0.2, 0.25) is 10.0 Å². The summed E-state index contributed by atoms with van der Waals surface area (Å²) < 4.78 is 36.6. The molecule has 2 aromatic carbocycles. The predicted octanol–water partition coefficient (Wildman–Crippen LogP) is 2.06. The van der Waals surface area contributed by atoms with Gasteiger partial charge in [-0.1, -0.05) is 17.7 Å². The zero-order valence-electron chi connectivity index (χ0n) is 15.9. The van der Waals surface area contributed by atoms with Crippen molar-refractivity contribution in [3.8, 4) is 11.5 Å². The van der Waals surface area contributed by atoms with E-state index >= 15 is 0 Å². The number of methoxy groups -OCH3 is 2. The number of nitrogens with one attached hydrogen (secondary N) is 1. The molecule has 27 heavy (non-hydrogen) atoms. The SMILES string of the molecule is COc1cc(OC)cc(C(=O)NCCN(C)S(=O)(=O)c2ccc(C)cc2)c1. The van der Waals surface area contributed by atoms with E-state index in [9.17, 15) is 13.2 Å². The average Bonchev–Trinajstić information content (AvgIpc) is 2.67. The fourth-order valence-electron chi connectivity index (χ4n) is 2.38. The number of carbonyl (C=O) groups excluding carboxylic acids is 1. The minimum Gasteiger partial charge on any atom is -0.497 e. The normalized spacial score (nSPS) is 11.3. The van der Waals surface area contributed by atoms with Gasteiger partial charge in [0.1, 0.15) is 11.5 Å². The molecule has 0 fully saturated rings. The van der Waals surface area contributed by atoms with Gasteiger partial charge >= 0.3 is 0 Å². The van der Waals surface area contributed by atoms with E-state index in [-0.39, 0.29) is 23.9 Å². The molecule has 1 amide bonds. The number of hydrogen-bond donors (Lipinski definition) is 1. The summed E-state index contributed by atoms with van der Waals surface area (Å²) in [5.74, 6) is 0.658. The van der Waals surface area contributed by atoms with Crippen LogP contribution in [0.15, 0.2) is 47.4 Å². The molecule has 0 saturated carbocycles. The molecule has 0 unspecified atom stereocenters. The number of ether oxygens (including phenoxy) is 2. The van der Waals surface area contributed by atoms with Gasteiger partial charge in [0.25, 0.3) is 5.91 Å². The lowest BCUT2D eigenvalue weighted by molar-refractivity contribution is 0.0951. The smallest absolute Gasteiger partial charge is 0.251 e. The van der Waals surface area contributed by atoms with Crippen LogP contribution in [0.25, 0.3) is 0 Å². The van der Waals surface area contributed by atoms with E-state index in [4.69, 9.17) is 9.47 Å². The lowest BCUT2D eigenvalue weighted by atomic mass is 10.2. The van der Waals surface area contributed by atoms with Gasteiger partial charge in [-0.2, -0.15) is 4.31 Å². The number of sulfonamides is 1. The van der Waals surface area contributed by atoms with Crippen molar-refractivity contribution in [2.24, 2.45) is 0 Å². The molecule has 8 heteroatoms. The van der Waals surface area contributed by atoms with Crippen molar-refractivity contribution in [1.82, 2.24) is 9.62 Å². The Bertz CT molecular complexity index is 873. The molecule has 0 aliphatic rings. The number of aryl methyl sites for hydroxylation is 1. The highest BCUT2D eigenvalue weighted by Crippen LogP contribution is 2.22. The molecule has 0 heterocycles. The number of benzene rings is 2. The number of nitrogens with zero attached hydrogens (tertiary/aromatic N) is 1. The van der Waals surface area contributed by atoms with E-state index in [1.165, 1.54) is 25.6 Å². The van der Waals surface area contributed by atoms with Crippen LogP contribution in [0.5, 0.6) is 11.5 Å². The minimum absolute atomic E-state index is 0.142. The van der Waals surface area contributed by atoms with E-state index in [0.29, 0.717) is 17.1 Å². The predicted molar refractivity (Wildman–Crippen MR) is 103 cm³/mol. The third kappa shape index (κ3) is 5.21. The molecule has 2 aromatic rings. The van der Waals surface area contributed by atoms with Gasteiger partial charge in [0.05, 0.1) is 19.1 Å². The summed E-state index contributed by atoms with van der Waals surface area (Å²) in [5.41, 5.74) is 1.35. The largest absolute Gasteiger partial charge is 0.497 e. The summed E-state index contributed by atoms with van der Waals surface area (Å²) in [5, 5.41) is 2.71. The Morgan fingerprint density at radius 2 is 1.59 bits per heavy atom. The quantitative estimate of drug-likeness (QED) is 0.743. The van der Waals surface area contributed by atoms with Crippen molar-refractivity contribution in [3.05, 3.63) is 53.6 Å². The second kappa shape index (κ2) is 8.88. The third-order valence-corrected chi connectivity index (χ3v) is 5.93. The Balaban J connectivity index is 1.99. The Morgan fingerprint density at radius 3 is 2.11 bits per heavy atom. The van der Waals surface area contributed by atoms with E-state index in [1.807, 2.05) is 6.92 Å². The van der Waals surface area contributed by atoms with E-state index < -0.39 is 10.0 Å². The number of hydrogen-bond acceptors (Lipinski definition) is 5. The molecule has 0 spiro atoms. The zero-order valence-corrected chi connectivity index (χ0v) is 16.7. The summed E-state index contributed by atoms with van der Waals surface area (Å²) in [6.07, 6.45) is 0. The van der Waals surface area contributed by atoms with Crippen LogP contribution >= 0.6 is 0 Å². The fraction of sp³-hybridized carbons (Fsp3) is 0.316. The number of amides is 1. The van der Waals surface area contributed by atoms with Gasteiger partial charge in [-0.15, -0.1) is 0 Å². The standard InChI is InChI=1S/C19H24N2O5S/c1-14-5-7-18(8-6-14)27(23,24)21(2)10-9-20-19(22)15-11-16(25-3)13-17(12-15)26-4/h5-8,11-13H,9-10H2,1-4H3,(H,20,22). The summed E-state index contributed by atoms with van der Waals surface area (Å²) in [4.78, 5) is 12.6. The molecule has 0 aromatic heterocycles. The monoisotopic (exact) mass is 392 g/mol. The van der Waals surface area contributed by atoms with Crippen LogP contribution in [0.1, 0.15) is 15.9 Å². The third-order valence-electron chi connectivity index (χ3n) is 4.06. The van der Waals surface area contributed by atoms with Gasteiger partial charge in [-0.25, -0.2) is 8.42 Å². The van der Waals surface area contributed by atoms with Gasteiger partial charge in [0.15, 0.2) is 0 Å². The minimum atomic E-state index is -3.60. The highest BCUT2D eigenvalue weighted by Gasteiger charge is 2.20. The first kappa shape index (κ1) is 20.7. The fourth-order valence-corrected chi connectivity index (χ4v) is 3.55. The van der Waals surface area contributed by atoms with Crippen LogP contribution < -0.4 is 14.8 Å². The molecular weight excluding hydrogens is 368 g/mol. The number of likely N-dealkylation sites (N-methyl/N-ethyl adjacent to an activating group) is 1. The topological polar surface area (TPSA) is 84.9 Å². The van der Waals surface area contributed by atoms with Crippen molar-refractivity contribution in [1.29, 1.82) is 0 Å². The van der Waals surface area contributed by atoms with Gasteiger partial charge in [-0.3, -0.25) is 4.79 Å². The van der Waals surface area contributed by atoms with Crippen LogP contribution in [0.3, 0.4) is 0 Å². The molecular formula is C19H24N2O5S. The maximum atomic E-state index is 12.5. The second-order valence-corrected chi connectivity index (χ2v) is 8.04. The lowest BCUT2D eigenvalue weighted by Crippen LogP contribution is -2.36. The Morgan fingerprint density at radius 1 is 1.04 bits per heavy atom. The second-order valence-electron chi connectivity index (χ2n) is 6.00. The first-order valence-electron chi connectivity index (χ1n) is 8.32. The molecule has 0 saturated heterocycles. The average molecular weight is 392 g/mol. The van der Waals surface area contributed by atoms with Crippen molar-refractivity contribution >= 4 is 15.9 Å². The maximum Gasteiger partial charge on any atom is 0.251 e. The van der Waals surface area contributed by atoms with Crippen LogP contribution in [0, 0.1) is 6.92 Å². The first-order chi connectivity index (χ1) is 12.8. The Kier molecular flexibility index (Phi) is 6.81. The van der Waals surface area contributed by atoms with Crippen LogP contribution in [0.4, 0.5) is 0 Å². The highest BCUT2D eigenvalue weighted by atomic mass is 32.2. The number of carbonyl (C=O) groups is 1. The van der Waals surface area contributed by atoms with Crippen molar-refractivity contribution in [3.63, 3.8) is 0 Å². The van der Waals surface area contributed by atoms with Crippen LogP contribution in [-0.2, 0) is 10.0 Å². The van der Waals surface area contributed by atoms with E-state index in [0.717, 1.165) is 5.56 Å². The highest BCUT2D eigenvalue weighted by molar-refractivity contribution is 7.89. The van der Waals surface area contributed by atoms with E-state index in [1.54, 1.807) is 42.5 Å². The zero-order chi connectivity index (χ0) is 20.0. The molecule has 0 aliphatic heterocycles. The molecule has 2 rings (SSSR count). The van der Waals surface area contributed by atoms with Crippen LogP contribution in [-0.4, -0.2) is 53.0 Å². The molecule has 7 nitrogen and oxygen atoms in total. The first-order valence-corrected chi connectivity index (χ1v) is 9.76. The van der Waals surface area contributed by atoms with E-state index in [2.05, 4.69) is 5.32 Å². The summed E-state index contributed by atoms with van der Waals surface area (Å²) in [6, 6.07) is 11.5. The molecule has 1 N–H and O–H groups in total. The lowest BCUT2D eigenvalue weighted by Gasteiger charge is -2.17. The van der Waals surface area contributed by atoms with Crippen LogP contribution in [0.2, 0.25) is 0 Å². The van der Waals surface area contributed by atoms with Gasteiger partial charge < -0.3 is 14.8 Å². The maximum absolute atomic E-state index is 12.5. The summed E-state index contributed by atoms with van der Waals surface area (Å²) in [6.45, 7) is 2.20. The Hall–Kier alpha value is -2.58. The van der Waals surface area contributed by atoms with Gasteiger partial charge in [-0.05, 0) is 31.2 Å². The number of rotatable bonds is 8.